The second-order valence-corrected chi connectivity index (χ2v) is 11.8. The van der Waals surface area contributed by atoms with Crippen LogP contribution in [0.5, 0.6) is 0 Å². The molecule has 0 atom stereocenters. The molecule has 1 aliphatic rings. The highest BCUT2D eigenvalue weighted by atomic mass is 79.9. The van der Waals surface area contributed by atoms with Gasteiger partial charge in [-0.1, -0.05) is 45.5 Å². The Kier molecular flexibility index (Phi) is 6.18. The van der Waals surface area contributed by atoms with Gasteiger partial charge in [0.2, 0.25) is 0 Å². The average molecular weight is 557 g/mol. The smallest absolute Gasteiger partial charge is 0.279 e. The Morgan fingerprint density at radius 1 is 1.09 bits per heavy atom. The number of halogens is 1. The van der Waals surface area contributed by atoms with Crippen LogP contribution >= 0.6 is 27.3 Å². The maximum atomic E-state index is 13.3. The molecule has 1 aliphatic heterocycles. The van der Waals surface area contributed by atoms with E-state index < -0.39 is 15.9 Å². The number of carbonyl (C=O) groups excluding carboxylic acids is 1. The average Bonchev–Trinajstić information content (AvgIpc) is 3.19. The van der Waals surface area contributed by atoms with E-state index in [4.69, 9.17) is 0 Å². The molecule has 9 heteroatoms. The summed E-state index contributed by atoms with van der Waals surface area (Å²) in [5, 5.41) is 0. The van der Waals surface area contributed by atoms with Gasteiger partial charge in [0.1, 0.15) is 0 Å². The van der Waals surface area contributed by atoms with E-state index in [-0.39, 0.29) is 4.90 Å². The molecule has 0 bridgehead atoms. The zero-order valence-electron chi connectivity index (χ0n) is 18.4. The number of hydrogen-bond acceptors (Lipinski definition) is 4. The van der Waals surface area contributed by atoms with Crippen molar-refractivity contribution >= 4 is 59.1 Å². The third kappa shape index (κ3) is 4.12. The monoisotopic (exact) mass is 555 g/mol. The van der Waals surface area contributed by atoms with Crippen LogP contribution in [0.15, 0.2) is 81.1 Å². The number of amides is 1. The summed E-state index contributed by atoms with van der Waals surface area (Å²) in [6.45, 7) is 3.13. The van der Waals surface area contributed by atoms with Crippen LogP contribution in [0, 0.1) is 0 Å². The van der Waals surface area contributed by atoms with Crippen molar-refractivity contribution < 1.29 is 13.2 Å². The Hall–Kier alpha value is -2.75. The normalized spacial score (nSPS) is 14.4. The number of benzene rings is 3. The van der Waals surface area contributed by atoms with Gasteiger partial charge >= 0.3 is 0 Å². The van der Waals surface area contributed by atoms with E-state index in [1.165, 1.54) is 39.9 Å². The summed E-state index contributed by atoms with van der Waals surface area (Å²) in [4.78, 5) is 18.0. The van der Waals surface area contributed by atoms with Crippen molar-refractivity contribution in [3.63, 3.8) is 0 Å². The molecule has 2 heterocycles. The van der Waals surface area contributed by atoms with Gasteiger partial charge in [0, 0.05) is 23.1 Å². The van der Waals surface area contributed by atoms with Crippen molar-refractivity contribution in [2.24, 2.45) is 4.99 Å². The Labute approximate surface area is 210 Å². The van der Waals surface area contributed by atoms with E-state index in [9.17, 15) is 13.2 Å². The Morgan fingerprint density at radius 2 is 1.85 bits per heavy atom. The van der Waals surface area contributed by atoms with Gasteiger partial charge in [-0.05, 0) is 73.9 Å². The van der Waals surface area contributed by atoms with E-state index in [0.29, 0.717) is 23.5 Å². The first-order valence-electron chi connectivity index (χ1n) is 11.0. The van der Waals surface area contributed by atoms with Crippen LogP contribution in [-0.2, 0) is 23.0 Å². The molecule has 6 nitrogen and oxygen atoms in total. The third-order valence-corrected chi connectivity index (χ3v) is 9.28. The maximum absolute atomic E-state index is 13.3. The largest absolute Gasteiger partial charge is 0.317 e. The molecule has 0 radical (unpaired) electrons. The first-order valence-corrected chi connectivity index (χ1v) is 14.0. The van der Waals surface area contributed by atoms with E-state index in [2.05, 4.69) is 20.9 Å². The van der Waals surface area contributed by atoms with E-state index >= 15 is 0 Å². The van der Waals surface area contributed by atoms with Gasteiger partial charge in [-0.25, -0.2) is 8.42 Å². The van der Waals surface area contributed by atoms with Crippen LogP contribution < -0.4 is 9.11 Å². The lowest BCUT2D eigenvalue weighted by Gasteiger charge is -2.30. The van der Waals surface area contributed by atoms with E-state index in [1.807, 2.05) is 54.0 Å². The number of sulfonamides is 1. The molecule has 1 amide bonds. The number of para-hydroxylation sites is 1. The second-order valence-electron chi connectivity index (χ2n) is 7.99. The van der Waals surface area contributed by atoms with Crippen LogP contribution in [0.3, 0.4) is 0 Å². The molecule has 1 aromatic heterocycles. The summed E-state index contributed by atoms with van der Waals surface area (Å²) in [6, 6.07) is 19.6. The van der Waals surface area contributed by atoms with Crippen molar-refractivity contribution in [2.75, 3.05) is 10.8 Å². The number of carbonyl (C=O) groups is 1. The lowest BCUT2D eigenvalue weighted by atomic mass is 10.0. The topological polar surface area (TPSA) is 71.7 Å². The molecule has 0 aliphatic carbocycles. The highest BCUT2D eigenvalue weighted by molar-refractivity contribution is 9.10. The lowest BCUT2D eigenvalue weighted by Crippen LogP contribution is -2.35. The van der Waals surface area contributed by atoms with E-state index in [0.717, 1.165) is 38.8 Å². The molecular weight excluding hydrogens is 534 g/mol. The first-order chi connectivity index (χ1) is 16.4. The predicted molar refractivity (Wildman–Crippen MR) is 139 cm³/mol. The zero-order valence-corrected chi connectivity index (χ0v) is 21.7. The van der Waals surface area contributed by atoms with Crippen LogP contribution in [0.4, 0.5) is 5.69 Å². The number of aromatic nitrogens is 1. The van der Waals surface area contributed by atoms with Crippen molar-refractivity contribution in [2.45, 2.75) is 31.2 Å². The van der Waals surface area contributed by atoms with Gasteiger partial charge in [-0.2, -0.15) is 4.99 Å². The molecule has 5 rings (SSSR count). The molecule has 0 saturated carbocycles. The molecule has 0 unspecified atom stereocenters. The summed E-state index contributed by atoms with van der Waals surface area (Å²) in [6.07, 6.45) is 1.64. The fourth-order valence-electron chi connectivity index (χ4n) is 4.23. The molecule has 4 aromatic rings. The van der Waals surface area contributed by atoms with Crippen LogP contribution in [0.2, 0.25) is 0 Å². The maximum Gasteiger partial charge on any atom is 0.279 e. The summed E-state index contributed by atoms with van der Waals surface area (Å²) < 4.78 is 32.2. The van der Waals surface area contributed by atoms with E-state index in [1.54, 1.807) is 0 Å². The molecule has 0 spiro atoms. The predicted octanol–water partition coefficient (Wildman–Crippen LogP) is 5.37. The Morgan fingerprint density at radius 3 is 2.62 bits per heavy atom. The SMILES string of the molecule is CCn1c(=NC(=O)c2ccc(S(=O)(=O)N3CCCc4ccccc43)cc2)sc2cc(Br)ccc21. The fraction of sp³-hybridized carbons (Fsp3) is 0.200. The highest BCUT2D eigenvalue weighted by Gasteiger charge is 2.29. The molecular formula is C25H22BrN3O3S2. The molecule has 3 aromatic carbocycles. The minimum absolute atomic E-state index is 0.163. The number of aryl methyl sites for hydroxylation is 2. The minimum atomic E-state index is -3.72. The second kappa shape index (κ2) is 9.13. The number of nitrogens with zero attached hydrogens (tertiary/aromatic N) is 3. The summed E-state index contributed by atoms with van der Waals surface area (Å²) in [5.41, 5.74) is 3.12. The standard InChI is InChI=1S/C25H22BrN3O3S2/c1-2-28-22-14-11-19(26)16-23(22)33-25(28)27-24(30)18-9-12-20(13-10-18)34(31,32)29-15-5-7-17-6-3-4-8-21(17)29/h3-4,6,8-14,16H,2,5,7,15H2,1H3. The number of fused-ring (bicyclic) bond motifs is 2. The first kappa shape index (κ1) is 23.0. The van der Waals surface area contributed by atoms with Crippen molar-refractivity contribution in [3.8, 4) is 0 Å². The van der Waals surface area contributed by atoms with Gasteiger partial charge < -0.3 is 4.57 Å². The van der Waals surface area contributed by atoms with Crippen LogP contribution in [-0.4, -0.2) is 25.4 Å². The fourth-order valence-corrected chi connectivity index (χ4v) is 7.42. The number of anilines is 1. The highest BCUT2D eigenvalue weighted by Crippen LogP contribution is 2.32. The van der Waals surface area contributed by atoms with Gasteiger partial charge in [-0.3, -0.25) is 9.10 Å². The van der Waals surface area contributed by atoms with Crippen molar-refractivity contribution in [1.29, 1.82) is 0 Å². The minimum Gasteiger partial charge on any atom is -0.317 e. The Balaban J connectivity index is 1.46. The number of hydrogen-bond donors (Lipinski definition) is 0. The lowest BCUT2D eigenvalue weighted by molar-refractivity contribution is 0.0997. The molecule has 0 saturated heterocycles. The molecule has 0 N–H and O–H groups in total. The summed E-state index contributed by atoms with van der Waals surface area (Å²) in [7, 11) is -3.72. The van der Waals surface area contributed by atoms with Gasteiger partial charge in [0.05, 0.1) is 20.8 Å². The number of rotatable bonds is 4. The quantitative estimate of drug-likeness (QED) is 0.340. The van der Waals surface area contributed by atoms with Gasteiger partial charge in [0.15, 0.2) is 4.80 Å². The molecule has 174 valence electrons. The van der Waals surface area contributed by atoms with Crippen LogP contribution in [0.1, 0.15) is 29.3 Å². The van der Waals surface area contributed by atoms with Crippen molar-refractivity contribution in [1.82, 2.24) is 4.57 Å². The van der Waals surface area contributed by atoms with Crippen molar-refractivity contribution in [3.05, 3.63) is 87.1 Å². The van der Waals surface area contributed by atoms with Gasteiger partial charge in [-0.15, -0.1) is 0 Å². The summed E-state index contributed by atoms with van der Waals surface area (Å²) in [5.74, 6) is -0.403. The molecule has 34 heavy (non-hydrogen) atoms. The third-order valence-electron chi connectivity index (χ3n) is 5.92. The summed E-state index contributed by atoms with van der Waals surface area (Å²) >= 11 is 4.93. The zero-order chi connectivity index (χ0) is 23.9. The Bertz CT molecular complexity index is 1570. The van der Waals surface area contributed by atoms with Crippen LogP contribution in [0.25, 0.3) is 10.2 Å². The van der Waals surface area contributed by atoms with Gasteiger partial charge in [0.25, 0.3) is 15.9 Å². The number of thiazole rings is 1. The molecule has 0 fully saturated rings.